The summed E-state index contributed by atoms with van der Waals surface area (Å²) in [6.45, 7) is 4.50. The predicted molar refractivity (Wildman–Crippen MR) is 87.0 cm³/mol. The zero-order valence-corrected chi connectivity index (χ0v) is 14.1. The summed E-state index contributed by atoms with van der Waals surface area (Å²) in [7, 11) is 0. The average molecular weight is 322 g/mol. The van der Waals surface area contributed by atoms with E-state index < -0.39 is 11.9 Å². The molecule has 0 aromatic carbocycles. The number of carboxylic acids is 2. The van der Waals surface area contributed by atoms with Crippen molar-refractivity contribution in [2.24, 2.45) is 0 Å². The molecule has 134 valence electrons. The summed E-state index contributed by atoms with van der Waals surface area (Å²) in [5, 5.41) is 32.5. The smallest absolute Gasteiger partial charge is 0.303 e. The van der Waals surface area contributed by atoms with Gasteiger partial charge < -0.3 is 20.4 Å². The van der Waals surface area contributed by atoms with Gasteiger partial charge in [-0.2, -0.15) is 0 Å². The molecule has 6 heteroatoms. The first-order valence-corrected chi connectivity index (χ1v) is 8.11. The number of aliphatic carboxylic acids is 2. The molecule has 0 heterocycles. The highest BCUT2D eigenvalue weighted by atomic mass is 16.4. The molecule has 0 rings (SSSR count). The molecule has 6 nitrogen and oxygen atoms in total. The SMILES string of the molecule is CCCCCC(=O)O.CCCCCC(=O)O.OCCCCO. The van der Waals surface area contributed by atoms with Gasteiger partial charge in [-0.1, -0.05) is 39.5 Å². The van der Waals surface area contributed by atoms with Gasteiger partial charge in [0.15, 0.2) is 0 Å². The summed E-state index contributed by atoms with van der Waals surface area (Å²) in [4.78, 5) is 19.7. The van der Waals surface area contributed by atoms with Gasteiger partial charge in [0.25, 0.3) is 0 Å². The standard InChI is InChI=1S/2C6H12O2.C4H10O2/c2*1-2-3-4-5-6(7)8;5-3-1-2-4-6/h2*2-5H2,1H3,(H,7,8);5-6H,1-4H2. The van der Waals surface area contributed by atoms with Crippen molar-refractivity contribution in [2.45, 2.75) is 78.1 Å². The Bertz CT molecular complexity index is 207. The van der Waals surface area contributed by atoms with Crippen LogP contribution in [0.15, 0.2) is 0 Å². The normalized spacial score (nSPS) is 9.09. The first kappa shape index (κ1) is 25.8. The van der Waals surface area contributed by atoms with Crippen molar-refractivity contribution in [2.75, 3.05) is 13.2 Å². The maximum atomic E-state index is 9.87. The van der Waals surface area contributed by atoms with E-state index in [9.17, 15) is 9.59 Å². The second-order valence-electron chi connectivity index (χ2n) is 4.86. The van der Waals surface area contributed by atoms with Crippen LogP contribution in [0, 0.1) is 0 Å². The number of aliphatic hydroxyl groups is 2. The van der Waals surface area contributed by atoms with Gasteiger partial charge in [-0.05, 0) is 25.7 Å². The number of aliphatic hydroxyl groups excluding tert-OH is 2. The van der Waals surface area contributed by atoms with E-state index in [1.165, 1.54) is 0 Å². The molecule has 0 aliphatic carbocycles. The lowest BCUT2D eigenvalue weighted by Crippen LogP contribution is -1.92. The third-order valence-electron chi connectivity index (χ3n) is 2.55. The topological polar surface area (TPSA) is 115 Å². The Hall–Kier alpha value is -1.14. The molecule has 0 radical (unpaired) electrons. The molecule has 4 N–H and O–H groups in total. The minimum absolute atomic E-state index is 0.195. The number of hydrogen-bond donors (Lipinski definition) is 4. The highest BCUT2D eigenvalue weighted by molar-refractivity contribution is 5.66. The van der Waals surface area contributed by atoms with Crippen LogP contribution in [0.3, 0.4) is 0 Å². The molecule has 0 aromatic heterocycles. The van der Waals surface area contributed by atoms with Crippen LogP contribution < -0.4 is 0 Å². The first-order chi connectivity index (χ1) is 10.5. The molecule has 0 atom stereocenters. The van der Waals surface area contributed by atoms with E-state index in [0.717, 1.165) is 51.4 Å². The van der Waals surface area contributed by atoms with Gasteiger partial charge in [0.05, 0.1) is 0 Å². The third-order valence-corrected chi connectivity index (χ3v) is 2.55. The second-order valence-corrected chi connectivity index (χ2v) is 4.86. The van der Waals surface area contributed by atoms with Crippen molar-refractivity contribution < 1.29 is 30.0 Å². The fourth-order valence-corrected chi connectivity index (χ4v) is 1.28. The molecular formula is C16H34O6. The lowest BCUT2D eigenvalue weighted by Gasteiger charge is -1.89. The molecule has 0 saturated heterocycles. The molecular weight excluding hydrogens is 288 g/mol. The quantitative estimate of drug-likeness (QED) is 0.435. The Morgan fingerprint density at radius 2 is 0.955 bits per heavy atom. The second kappa shape index (κ2) is 24.9. The Labute approximate surface area is 134 Å². The van der Waals surface area contributed by atoms with E-state index in [1.54, 1.807) is 0 Å². The van der Waals surface area contributed by atoms with E-state index in [2.05, 4.69) is 13.8 Å². The monoisotopic (exact) mass is 322 g/mol. The molecule has 0 aromatic rings. The number of carbonyl (C=O) groups is 2. The lowest BCUT2D eigenvalue weighted by atomic mass is 10.2. The Morgan fingerprint density at radius 3 is 1.14 bits per heavy atom. The third kappa shape index (κ3) is 42.8. The molecule has 0 amide bonds. The van der Waals surface area contributed by atoms with Crippen molar-refractivity contribution in [3.63, 3.8) is 0 Å². The van der Waals surface area contributed by atoms with Gasteiger partial charge in [0, 0.05) is 26.1 Å². The largest absolute Gasteiger partial charge is 0.481 e. The van der Waals surface area contributed by atoms with Crippen molar-refractivity contribution in [3.05, 3.63) is 0 Å². The minimum Gasteiger partial charge on any atom is -0.481 e. The van der Waals surface area contributed by atoms with E-state index >= 15 is 0 Å². The van der Waals surface area contributed by atoms with Crippen molar-refractivity contribution in [1.82, 2.24) is 0 Å². The minimum atomic E-state index is -0.682. The molecule has 0 aliphatic heterocycles. The zero-order valence-electron chi connectivity index (χ0n) is 14.1. The molecule has 0 saturated carbocycles. The molecule has 0 spiro atoms. The van der Waals surface area contributed by atoms with Crippen molar-refractivity contribution in [3.8, 4) is 0 Å². The van der Waals surface area contributed by atoms with Gasteiger partial charge in [0.1, 0.15) is 0 Å². The fraction of sp³-hybridized carbons (Fsp3) is 0.875. The number of unbranched alkanes of at least 4 members (excludes halogenated alkanes) is 5. The molecule has 0 unspecified atom stereocenters. The van der Waals surface area contributed by atoms with Crippen LogP contribution in [-0.2, 0) is 9.59 Å². The molecule has 22 heavy (non-hydrogen) atoms. The van der Waals surface area contributed by atoms with Crippen LogP contribution in [0.4, 0.5) is 0 Å². The van der Waals surface area contributed by atoms with Crippen LogP contribution >= 0.6 is 0 Å². The van der Waals surface area contributed by atoms with Crippen LogP contribution in [0.2, 0.25) is 0 Å². The Kier molecular flexibility index (Phi) is 29.1. The Balaban J connectivity index is -0.000000249. The summed E-state index contributed by atoms with van der Waals surface area (Å²) in [5.41, 5.74) is 0. The number of rotatable bonds is 11. The lowest BCUT2D eigenvalue weighted by molar-refractivity contribution is -0.138. The fourth-order valence-electron chi connectivity index (χ4n) is 1.28. The van der Waals surface area contributed by atoms with Gasteiger partial charge in [-0.25, -0.2) is 0 Å². The van der Waals surface area contributed by atoms with Crippen LogP contribution in [0.25, 0.3) is 0 Å². The van der Waals surface area contributed by atoms with E-state index in [1.807, 2.05) is 0 Å². The van der Waals surface area contributed by atoms with Crippen LogP contribution in [0.1, 0.15) is 78.1 Å². The summed E-state index contributed by atoms with van der Waals surface area (Å²) in [6.07, 6.45) is 7.99. The molecule has 0 fully saturated rings. The maximum absolute atomic E-state index is 9.87. The van der Waals surface area contributed by atoms with Crippen molar-refractivity contribution in [1.29, 1.82) is 0 Å². The summed E-state index contributed by atoms with van der Waals surface area (Å²) in [6, 6.07) is 0. The van der Waals surface area contributed by atoms with Gasteiger partial charge in [0.2, 0.25) is 0 Å². The highest BCUT2D eigenvalue weighted by Crippen LogP contribution is 1.97. The van der Waals surface area contributed by atoms with Crippen molar-refractivity contribution >= 4 is 11.9 Å². The van der Waals surface area contributed by atoms with E-state index in [4.69, 9.17) is 20.4 Å². The molecule has 0 bridgehead atoms. The number of hydrogen-bond acceptors (Lipinski definition) is 4. The van der Waals surface area contributed by atoms with Crippen LogP contribution in [-0.4, -0.2) is 45.6 Å². The predicted octanol–water partition coefficient (Wildman–Crippen LogP) is 3.05. The first-order valence-electron chi connectivity index (χ1n) is 8.11. The zero-order chi connectivity index (χ0) is 17.6. The maximum Gasteiger partial charge on any atom is 0.303 e. The highest BCUT2D eigenvalue weighted by Gasteiger charge is 1.93. The Morgan fingerprint density at radius 1 is 0.636 bits per heavy atom. The summed E-state index contributed by atoms with van der Waals surface area (Å²) < 4.78 is 0. The summed E-state index contributed by atoms with van der Waals surface area (Å²) >= 11 is 0. The van der Waals surface area contributed by atoms with Crippen LogP contribution in [0.5, 0.6) is 0 Å². The molecule has 0 aliphatic rings. The van der Waals surface area contributed by atoms with E-state index in [0.29, 0.717) is 12.8 Å². The van der Waals surface area contributed by atoms with Gasteiger partial charge in [-0.3, -0.25) is 9.59 Å². The van der Waals surface area contributed by atoms with Gasteiger partial charge in [-0.15, -0.1) is 0 Å². The van der Waals surface area contributed by atoms with E-state index in [-0.39, 0.29) is 13.2 Å². The average Bonchev–Trinajstić information content (AvgIpc) is 2.46. The van der Waals surface area contributed by atoms with Gasteiger partial charge >= 0.3 is 11.9 Å². The summed E-state index contributed by atoms with van der Waals surface area (Å²) in [5.74, 6) is -1.36. The number of carboxylic acid groups (broad SMARTS) is 2.